The summed E-state index contributed by atoms with van der Waals surface area (Å²) >= 11 is 0. The fraction of sp³-hybridized carbons (Fsp3) is 0.231. The predicted octanol–water partition coefficient (Wildman–Crippen LogP) is 0.860. The average molecular weight is 274 g/mol. The number of amides is 1. The lowest BCUT2D eigenvalue weighted by molar-refractivity contribution is -0.139. The largest absolute Gasteiger partial charge is 0.480 e. The van der Waals surface area contributed by atoms with E-state index in [0.29, 0.717) is 6.42 Å². The number of carbonyl (C=O) groups is 2. The Morgan fingerprint density at radius 2 is 2.05 bits per heavy atom. The number of rotatable bonds is 5. The number of hydrogen-bond acceptors (Lipinski definition) is 4. The van der Waals surface area contributed by atoms with Gasteiger partial charge in [0.25, 0.3) is 5.91 Å². The minimum atomic E-state index is -1.07. The van der Waals surface area contributed by atoms with Crippen molar-refractivity contribution in [3.63, 3.8) is 0 Å². The molecule has 0 bridgehead atoms. The molecule has 1 unspecified atom stereocenters. The lowest BCUT2D eigenvalue weighted by atomic mass is 10.2. The molecular weight excluding hydrogens is 260 g/mol. The van der Waals surface area contributed by atoms with Gasteiger partial charge in [0, 0.05) is 0 Å². The number of aromatic nitrogens is 3. The molecule has 0 saturated carbocycles. The Balaban J connectivity index is 2.13. The van der Waals surface area contributed by atoms with Crippen LogP contribution in [-0.2, 0) is 4.79 Å². The number of aliphatic carboxylic acids is 1. The summed E-state index contributed by atoms with van der Waals surface area (Å²) in [6.45, 7) is 1.68. The van der Waals surface area contributed by atoms with E-state index in [1.165, 1.54) is 11.0 Å². The van der Waals surface area contributed by atoms with Gasteiger partial charge in [-0.2, -0.15) is 9.90 Å². The number of carbonyl (C=O) groups excluding carboxylic acids is 1. The molecule has 104 valence electrons. The molecule has 0 aliphatic carbocycles. The summed E-state index contributed by atoms with van der Waals surface area (Å²) in [5.41, 5.74) is 0.797. The summed E-state index contributed by atoms with van der Waals surface area (Å²) in [5.74, 6) is -1.63. The first-order valence-corrected chi connectivity index (χ1v) is 6.13. The number of para-hydroxylation sites is 1. The molecule has 0 spiro atoms. The van der Waals surface area contributed by atoms with Crippen LogP contribution in [0.15, 0.2) is 36.5 Å². The smallest absolute Gasteiger partial charge is 0.326 e. The molecule has 0 aliphatic rings. The summed E-state index contributed by atoms with van der Waals surface area (Å²) in [7, 11) is 0. The topological polar surface area (TPSA) is 97.1 Å². The molecule has 1 aromatic carbocycles. The molecule has 7 nitrogen and oxygen atoms in total. The van der Waals surface area contributed by atoms with Crippen molar-refractivity contribution in [1.29, 1.82) is 0 Å². The van der Waals surface area contributed by atoms with E-state index in [-0.39, 0.29) is 5.69 Å². The van der Waals surface area contributed by atoms with Gasteiger partial charge in [-0.15, -0.1) is 5.10 Å². The first-order valence-electron chi connectivity index (χ1n) is 6.13. The van der Waals surface area contributed by atoms with E-state index >= 15 is 0 Å². The van der Waals surface area contributed by atoms with Crippen LogP contribution >= 0.6 is 0 Å². The molecule has 1 amide bonds. The Kier molecular flexibility index (Phi) is 4.09. The van der Waals surface area contributed by atoms with E-state index in [9.17, 15) is 9.59 Å². The molecule has 1 aromatic heterocycles. The zero-order valence-corrected chi connectivity index (χ0v) is 10.9. The van der Waals surface area contributed by atoms with E-state index in [4.69, 9.17) is 5.11 Å². The first kappa shape index (κ1) is 13.7. The Labute approximate surface area is 115 Å². The minimum absolute atomic E-state index is 0.0774. The molecule has 1 heterocycles. The second-order valence-corrected chi connectivity index (χ2v) is 4.13. The number of benzene rings is 1. The van der Waals surface area contributed by atoms with Gasteiger partial charge in [-0.25, -0.2) is 4.79 Å². The SMILES string of the molecule is CCC(NC(=O)c1cnn(-c2ccccc2)n1)C(=O)O. The molecule has 0 radical (unpaired) electrons. The van der Waals surface area contributed by atoms with Crippen LogP contribution in [0.1, 0.15) is 23.8 Å². The van der Waals surface area contributed by atoms with Crippen molar-refractivity contribution >= 4 is 11.9 Å². The highest BCUT2D eigenvalue weighted by atomic mass is 16.4. The third-order valence-corrected chi connectivity index (χ3v) is 2.72. The molecule has 2 aromatic rings. The van der Waals surface area contributed by atoms with Gasteiger partial charge >= 0.3 is 5.97 Å². The Morgan fingerprint density at radius 1 is 1.35 bits per heavy atom. The van der Waals surface area contributed by atoms with Crippen LogP contribution < -0.4 is 5.32 Å². The quantitative estimate of drug-likeness (QED) is 0.842. The van der Waals surface area contributed by atoms with Gasteiger partial charge in [-0.3, -0.25) is 4.79 Å². The van der Waals surface area contributed by atoms with Crippen molar-refractivity contribution in [1.82, 2.24) is 20.3 Å². The van der Waals surface area contributed by atoms with Gasteiger partial charge in [0.2, 0.25) is 0 Å². The van der Waals surface area contributed by atoms with Crippen molar-refractivity contribution in [2.45, 2.75) is 19.4 Å². The van der Waals surface area contributed by atoms with Gasteiger partial charge in [-0.1, -0.05) is 25.1 Å². The van der Waals surface area contributed by atoms with Crippen LogP contribution in [-0.4, -0.2) is 38.0 Å². The maximum absolute atomic E-state index is 11.9. The van der Waals surface area contributed by atoms with Crippen molar-refractivity contribution in [2.24, 2.45) is 0 Å². The average Bonchev–Trinajstić information content (AvgIpc) is 2.95. The van der Waals surface area contributed by atoms with E-state index in [1.54, 1.807) is 19.1 Å². The van der Waals surface area contributed by atoms with Gasteiger partial charge < -0.3 is 10.4 Å². The summed E-state index contributed by atoms with van der Waals surface area (Å²) in [6.07, 6.45) is 1.60. The highest BCUT2D eigenvalue weighted by molar-refractivity contribution is 5.94. The molecule has 2 rings (SSSR count). The van der Waals surface area contributed by atoms with E-state index in [1.807, 2.05) is 18.2 Å². The lowest BCUT2D eigenvalue weighted by Gasteiger charge is -2.10. The molecule has 0 fully saturated rings. The number of carboxylic acid groups (broad SMARTS) is 1. The first-order chi connectivity index (χ1) is 9.61. The summed E-state index contributed by atoms with van der Waals surface area (Å²) in [6, 6.07) is 8.19. The van der Waals surface area contributed by atoms with Crippen molar-refractivity contribution < 1.29 is 14.7 Å². The van der Waals surface area contributed by atoms with Gasteiger partial charge in [0.1, 0.15) is 6.04 Å². The zero-order valence-electron chi connectivity index (χ0n) is 10.9. The lowest BCUT2D eigenvalue weighted by Crippen LogP contribution is -2.40. The van der Waals surface area contributed by atoms with Gasteiger partial charge in [0.05, 0.1) is 11.9 Å². The van der Waals surface area contributed by atoms with E-state index in [2.05, 4.69) is 15.5 Å². The molecule has 0 aliphatic heterocycles. The molecule has 1 atom stereocenters. The van der Waals surface area contributed by atoms with E-state index in [0.717, 1.165) is 5.69 Å². The highest BCUT2D eigenvalue weighted by Crippen LogP contribution is 2.04. The molecule has 7 heteroatoms. The van der Waals surface area contributed by atoms with Crippen molar-refractivity contribution in [3.8, 4) is 5.69 Å². The zero-order chi connectivity index (χ0) is 14.5. The molecule has 20 heavy (non-hydrogen) atoms. The van der Waals surface area contributed by atoms with Crippen LogP contribution in [0.5, 0.6) is 0 Å². The second kappa shape index (κ2) is 5.96. The molecule has 2 N–H and O–H groups in total. The normalized spacial score (nSPS) is 11.8. The summed E-state index contributed by atoms with van der Waals surface area (Å²) in [4.78, 5) is 24.1. The minimum Gasteiger partial charge on any atom is -0.480 e. The Bertz CT molecular complexity index is 609. The number of nitrogens with one attached hydrogen (secondary N) is 1. The highest BCUT2D eigenvalue weighted by Gasteiger charge is 2.20. The third-order valence-electron chi connectivity index (χ3n) is 2.72. The fourth-order valence-corrected chi connectivity index (χ4v) is 1.62. The van der Waals surface area contributed by atoms with Gasteiger partial charge in [0.15, 0.2) is 5.69 Å². The van der Waals surface area contributed by atoms with E-state index < -0.39 is 17.9 Å². The van der Waals surface area contributed by atoms with Gasteiger partial charge in [-0.05, 0) is 18.6 Å². The Hall–Kier alpha value is -2.70. The number of nitrogens with zero attached hydrogens (tertiary/aromatic N) is 3. The standard InChI is InChI=1S/C13H14N4O3/c1-2-10(13(19)20)15-12(18)11-8-14-17(16-11)9-6-4-3-5-7-9/h3-8,10H,2H2,1H3,(H,15,18)(H,19,20). The monoisotopic (exact) mass is 274 g/mol. The molecular formula is C13H14N4O3. The maximum atomic E-state index is 11.9. The summed E-state index contributed by atoms with van der Waals surface area (Å²) in [5, 5.41) is 19.3. The van der Waals surface area contributed by atoms with Crippen LogP contribution in [0.3, 0.4) is 0 Å². The predicted molar refractivity (Wildman–Crippen MR) is 70.5 cm³/mol. The van der Waals surface area contributed by atoms with Crippen LogP contribution in [0, 0.1) is 0 Å². The summed E-state index contributed by atoms with van der Waals surface area (Å²) < 4.78 is 0. The van der Waals surface area contributed by atoms with Crippen LogP contribution in [0.2, 0.25) is 0 Å². The number of carboxylic acids is 1. The second-order valence-electron chi connectivity index (χ2n) is 4.13. The van der Waals surface area contributed by atoms with Crippen molar-refractivity contribution in [2.75, 3.05) is 0 Å². The fourth-order valence-electron chi connectivity index (χ4n) is 1.62. The number of hydrogen-bond donors (Lipinski definition) is 2. The molecule has 0 saturated heterocycles. The maximum Gasteiger partial charge on any atom is 0.326 e. The van der Waals surface area contributed by atoms with Crippen LogP contribution in [0.25, 0.3) is 5.69 Å². The van der Waals surface area contributed by atoms with Crippen LogP contribution in [0.4, 0.5) is 0 Å². The third kappa shape index (κ3) is 3.00. The van der Waals surface area contributed by atoms with Crippen molar-refractivity contribution in [3.05, 3.63) is 42.2 Å². The Morgan fingerprint density at radius 3 is 2.65 bits per heavy atom.